The average Bonchev–Trinajstić information content (AvgIpc) is 2.74. The van der Waals surface area contributed by atoms with Gasteiger partial charge in [-0.15, -0.1) is 11.8 Å². The summed E-state index contributed by atoms with van der Waals surface area (Å²) in [6, 6.07) is 28.0. The maximum absolute atomic E-state index is 4.65. The molecule has 0 unspecified atom stereocenters. The third-order valence-corrected chi connectivity index (χ3v) is 5.64. The van der Waals surface area contributed by atoms with E-state index in [2.05, 4.69) is 89.2 Å². The molecule has 0 radical (unpaired) electrons. The van der Waals surface area contributed by atoms with Crippen LogP contribution in [0.25, 0.3) is 11.1 Å². The minimum atomic E-state index is 0.919. The van der Waals surface area contributed by atoms with Crippen molar-refractivity contribution in [2.45, 2.75) is 17.1 Å². The Bertz CT molecular complexity index is 886. The van der Waals surface area contributed by atoms with E-state index in [1.54, 1.807) is 0 Å². The summed E-state index contributed by atoms with van der Waals surface area (Å²) in [6.45, 7) is 1.93. The normalized spacial score (nSPS) is 13.8. The highest BCUT2D eigenvalue weighted by Crippen LogP contribution is 2.28. The summed E-state index contributed by atoms with van der Waals surface area (Å²) in [7, 11) is 0. The molecule has 3 aromatic carbocycles. The van der Waals surface area contributed by atoms with E-state index in [0.29, 0.717) is 0 Å². The Morgan fingerprint density at radius 2 is 1.54 bits per heavy atom. The third-order valence-electron chi connectivity index (χ3n) is 4.49. The molecule has 0 amide bonds. The van der Waals surface area contributed by atoms with Gasteiger partial charge in [-0.25, -0.2) is 0 Å². The molecule has 2 nitrogen and oxygen atoms in total. The van der Waals surface area contributed by atoms with Crippen LogP contribution in [0.3, 0.4) is 0 Å². The predicted molar refractivity (Wildman–Crippen MR) is 112 cm³/mol. The number of aliphatic imine (C=N–C) groups is 1. The van der Waals surface area contributed by atoms with E-state index in [4.69, 9.17) is 0 Å². The van der Waals surface area contributed by atoms with Gasteiger partial charge in [0.1, 0.15) is 5.84 Å². The molecule has 0 bridgehead atoms. The molecular weight excluding hydrogens is 336 g/mol. The summed E-state index contributed by atoms with van der Waals surface area (Å²) in [5.41, 5.74) is 5.08. The zero-order valence-electron chi connectivity index (χ0n) is 14.7. The summed E-state index contributed by atoms with van der Waals surface area (Å²) in [6.07, 6.45) is 1.12. The standard InChI is InChI=1S/C23H22N2S/c1-2-7-19(8-3-1)20-13-11-18(12-14-20)17-26-22-10-5-4-9-21(22)23-24-15-6-16-25-23/h1-5,7-14H,6,15-17H2,(H,24,25). The average molecular weight is 359 g/mol. The fraction of sp³-hybridized carbons (Fsp3) is 0.174. The van der Waals surface area contributed by atoms with Gasteiger partial charge >= 0.3 is 0 Å². The first-order valence-electron chi connectivity index (χ1n) is 9.05. The Kier molecular flexibility index (Phi) is 5.36. The van der Waals surface area contributed by atoms with Crippen molar-refractivity contribution in [1.82, 2.24) is 5.32 Å². The number of rotatable bonds is 5. The molecule has 26 heavy (non-hydrogen) atoms. The van der Waals surface area contributed by atoms with Gasteiger partial charge in [-0.3, -0.25) is 4.99 Å². The molecule has 0 aromatic heterocycles. The summed E-state index contributed by atoms with van der Waals surface area (Å²) in [5, 5.41) is 3.44. The summed E-state index contributed by atoms with van der Waals surface area (Å²) in [5.74, 6) is 2.00. The monoisotopic (exact) mass is 358 g/mol. The summed E-state index contributed by atoms with van der Waals surface area (Å²) in [4.78, 5) is 5.94. The van der Waals surface area contributed by atoms with Gasteiger partial charge in [-0.05, 0) is 29.2 Å². The number of hydrogen-bond acceptors (Lipinski definition) is 3. The topological polar surface area (TPSA) is 24.4 Å². The largest absolute Gasteiger partial charge is 0.370 e. The SMILES string of the molecule is c1ccc(-c2ccc(CSc3ccccc3C3=NCCCN3)cc2)cc1. The molecule has 1 heterocycles. The molecular formula is C23H22N2S. The summed E-state index contributed by atoms with van der Waals surface area (Å²) >= 11 is 1.87. The molecule has 1 aliphatic heterocycles. The first-order valence-corrected chi connectivity index (χ1v) is 10.0. The van der Waals surface area contributed by atoms with Crippen LogP contribution in [0.4, 0.5) is 0 Å². The number of amidine groups is 1. The molecule has 0 spiro atoms. The number of nitrogens with zero attached hydrogens (tertiary/aromatic N) is 1. The lowest BCUT2D eigenvalue weighted by molar-refractivity contribution is 0.741. The van der Waals surface area contributed by atoms with E-state index >= 15 is 0 Å². The lowest BCUT2D eigenvalue weighted by Crippen LogP contribution is -2.30. The molecule has 1 N–H and O–H groups in total. The van der Waals surface area contributed by atoms with Gasteiger partial charge in [0, 0.05) is 29.3 Å². The van der Waals surface area contributed by atoms with Gasteiger partial charge in [0.15, 0.2) is 0 Å². The van der Waals surface area contributed by atoms with Crippen LogP contribution in [-0.4, -0.2) is 18.9 Å². The molecule has 3 heteroatoms. The molecule has 3 aromatic rings. The highest BCUT2D eigenvalue weighted by Gasteiger charge is 2.11. The Balaban J connectivity index is 1.47. The van der Waals surface area contributed by atoms with Gasteiger partial charge in [-0.2, -0.15) is 0 Å². The fourth-order valence-corrected chi connectivity index (χ4v) is 4.10. The van der Waals surface area contributed by atoms with Crippen LogP contribution in [0, 0.1) is 0 Å². The zero-order chi connectivity index (χ0) is 17.6. The van der Waals surface area contributed by atoms with Crippen molar-refractivity contribution in [1.29, 1.82) is 0 Å². The van der Waals surface area contributed by atoms with E-state index in [1.165, 1.54) is 27.1 Å². The molecule has 0 fully saturated rings. The molecule has 1 aliphatic rings. The molecule has 0 atom stereocenters. The van der Waals surface area contributed by atoms with Gasteiger partial charge < -0.3 is 5.32 Å². The smallest absolute Gasteiger partial charge is 0.129 e. The molecule has 0 saturated heterocycles. The Hall–Kier alpha value is -2.52. The minimum absolute atomic E-state index is 0.919. The lowest BCUT2D eigenvalue weighted by Gasteiger charge is -2.17. The van der Waals surface area contributed by atoms with Crippen LogP contribution >= 0.6 is 11.8 Å². The van der Waals surface area contributed by atoms with Crippen molar-refractivity contribution in [3.8, 4) is 11.1 Å². The van der Waals surface area contributed by atoms with Crippen LogP contribution in [0.2, 0.25) is 0 Å². The minimum Gasteiger partial charge on any atom is -0.370 e. The lowest BCUT2D eigenvalue weighted by atomic mass is 10.0. The second kappa shape index (κ2) is 8.24. The molecule has 0 aliphatic carbocycles. The predicted octanol–water partition coefficient (Wildman–Crippen LogP) is 5.39. The van der Waals surface area contributed by atoms with Crippen LogP contribution in [-0.2, 0) is 5.75 Å². The maximum Gasteiger partial charge on any atom is 0.129 e. The Morgan fingerprint density at radius 3 is 2.31 bits per heavy atom. The van der Waals surface area contributed by atoms with Crippen LogP contribution in [0.15, 0.2) is 88.8 Å². The van der Waals surface area contributed by atoms with Gasteiger partial charge in [0.25, 0.3) is 0 Å². The summed E-state index contributed by atoms with van der Waals surface area (Å²) < 4.78 is 0. The number of hydrogen-bond donors (Lipinski definition) is 1. The van der Waals surface area contributed by atoms with E-state index in [1.807, 2.05) is 11.8 Å². The maximum atomic E-state index is 4.65. The number of thioether (sulfide) groups is 1. The molecule has 4 rings (SSSR count). The van der Waals surface area contributed by atoms with E-state index in [-0.39, 0.29) is 0 Å². The van der Waals surface area contributed by atoms with Gasteiger partial charge in [0.2, 0.25) is 0 Å². The van der Waals surface area contributed by atoms with Crippen molar-refractivity contribution < 1.29 is 0 Å². The van der Waals surface area contributed by atoms with Crippen molar-refractivity contribution in [2.24, 2.45) is 4.99 Å². The number of nitrogens with one attached hydrogen (secondary N) is 1. The van der Waals surface area contributed by atoms with E-state index in [0.717, 1.165) is 31.1 Å². The quantitative estimate of drug-likeness (QED) is 0.619. The van der Waals surface area contributed by atoms with Crippen molar-refractivity contribution in [3.63, 3.8) is 0 Å². The molecule has 0 saturated carbocycles. The van der Waals surface area contributed by atoms with Crippen molar-refractivity contribution in [2.75, 3.05) is 13.1 Å². The second-order valence-corrected chi connectivity index (χ2v) is 7.38. The third kappa shape index (κ3) is 4.00. The van der Waals surface area contributed by atoms with Crippen LogP contribution in [0.1, 0.15) is 17.5 Å². The van der Waals surface area contributed by atoms with Crippen LogP contribution < -0.4 is 5.32 Å². The van der Waals surface area contributed by atoms with Gasteiger partial charge in [-0.1, -0.05) is 72.8 Å². The van der Waals surface area contributed by atoms with E-state index in [9.17, 15) is 0 Å². The number of benzene rings is 3. The zero-order valence-corrected chi connectivity index (χ0v) is 15.5. The first-order chi connectivity index (χ1) is 12.9. The van der Waals surface area contributed by atoms with Crippen LogP contribution in [0.5, 0.6) is 0 Å². The van der Waals surface area contributed by atoms with Crippen molar-refractivity contribution >= 4 is 17.6 Å². The fourth-order valence-electron chi connectivity index (χ4n) is 3.09. The second-order valence-electron chi connectivity index (χ2n) is 6.36. The first kappa shape index (κ1) is 16.9. The highest BCUT2D eigenvalue weighted by atomic mass is 32.2. The molecule has 130 valence electrons. The van der Waals surface area contributed by atoms with E-state index < -0.39 is 0 Å². The Labute approximate surface area is 159 Å². The Morgan fingerprint density at radius 1 is 0.808 bits per heavy atom. The van der Waals surface area contributed by atoms with Gasteiger partial charge in [0.05, 0.1) is 0 Å². The van der Waals surface area contributed by atoms with Crippen molar-refractivity contribution in [3.05, 3.63) is 90.0 Å². The highest BCUT2D eigenvalue weighted by molar-refractivity contribution is 7.98.